The summed E-state index contributed by atoms with van der Waals surface area (Å²) in [5.74, 6) is 2.71. The molecule has 1 aromatic rings. The van der Waals surface area contributed by atoms with Crippen LogP contribution in [0, 0.1) is 5.41 Å². The molecule has 0 amide bonds. The van der Waals surface area contributed by atoms with E-state index in [9.17, 15) is 0 Å². The fourth-order valence-corrected chi connectivity index (χ4v) is 3.32. The van der Waals surface area contributed by atoms with Gasteiger partial charge in [0.15, 0.2) is 11.8 Å². The Labute approximate surface area is 169 Å². The number of guanidine groups is 1. The van der Waals surface area contributed by atoms with Crippen LogP contribution in [0.1, 0.15) is 76.9 Å². The molecule has 0 spiro atoms. The molecule has 0 unspecified atom stereocenters. The average molecular weight is 463 g/mol. The predicted octanol–water partition coefficient (Wildman–Crippen LogP) is 3.88. The monoisotopic (exact) mass is 463 g/mol. The highest BCUT2D eigenvalue weighted by Gasteiger charge is 2.31. The maximum absolute atomic E-state index is 5.27. The number of aromatic nitrogens is 2. The van der Waals surface area contributed by atoms with E-state index in [2.05, 4.69) is 46.5 Å². The van der Waals surface area contributed by atoms with E-state index in [1.54, 1.807) is 0 Å². The SMILES string of the molecule is CCC1(CNC(=NC)NCCCc2nc(C(C)C)no2)CCCC1.I. The molecule has 1 saturated carbocycles. The van der Waals surface area contributed by atoms with Crippen LogP contribution in [0.25, 0.3) is 0 Å². The van der Waals surface area contributed by atoms with Crippen molar-refractivity contribution in [3.05, 3.63) is 11.7 Å². The predicted molar refractivity (Wildman–Crippen MR) is 113 cm³/mol. The molecule has 0 aromatic carbocycles. The lowest BCUT2D eigenvalue weighted by Crippen LogP contribution is -2.43. The molecule has 6 nitrogen and oxygen atoms in total. The van der Waals surface area contributed by atoms with Gasteiger partial charge in [-0.15, -0.1) is 24.0 Å². The Morgan fingerprint density at radius 1 is 1.28 bits per heavy atom. The number of aryl methyl sites for hydroxylation is 1. The summed E-state index contributed by atoms with van der Waals surface area (Å²) in [6.07, 6.45) is 8.38. The maximum atomic E-state index is 5.27. The second-order valence-electron chi connectivity index (χ2n) is 7.22. The van der Waals surface area contributed by atoms with Gasteiger partial charge in [0.2, 0.25) is 5.89 Å². The lowest BCUT2D eigenvalue weighted by atomic mass is 9.83. The second kappa shape index (κ2) is 11.0. The van der Waals surface area contributed by atoms with Crippen LogP contribution in [0.15, 0.2) is 9.52 Å². The van der Waals surface area contributed by atoms with Crippen LogP contribution in [0.5, 0.6) is 0 Å². The first-order valence-corrected chi connectivity index (χ1v) is 9.35. The van der Waals surface area contributed by atoms with E-state index in [4.69, 9.17) is 4.52 Å². The number of hydrogen-bond acceptors (Lipinski definition) is 4. The van der Waals surface area contributed by atoms with Crippen LogP contribution in [0.3, 0.4) is 0 Å². The average Bonchev–Trinajstić information content (AvgIpc) is 3.24. The summed E-state index contributed by atoms with van der Waals surface area (Å²) in [7, 11) is 1.83. The number of nitrogens with zero attached hydrogens (tertiary/aromatic N) is 3. The molecule has 1 aliphatic rings. The van der Waals surface area contributed by atoms with Gasteiger partial charge in [-0.3, -0.25) is 4.99 Å². The van der Waals surface area contributed by atoms with Crippen molar-refractivity contribution in [2.45, 2.75) is 71.6 Å². The number of halogens is 1. The van der Waals surface area contributed by atoms with Gasteiger partial charge in [0.25, 0.3) is 0 Å². The van der Waals surface area contributed by atoms with Crippen LogP contribution in [-0.2, 0) is 6.42 Å². The highest BCUT2D eigenvalue weighted by Crippen LogP contribution is 2.40. The van der Waals surface area contributed by atoms with Crippen molar-refractivity contribution >= 4 is 29.9 Å². The van der Waals surface area contributed by atoms with Crippen LogP contribution in [0.4, 0.5) is 0 Å². The first kappa shape index (κ1) is 22.2. The van der Waals surface area contributed by atoms with E-state index >= 15 is 0 Å². The van der Waals surface area contributed by atoms with E-state index in [1.165, 1.54) is 32.1 Å². The molecule has 144 valence electrons. The topological polar surface area (TPSA) is 75.3 Å². The first-order chi connectivity index (χ1) is 11.6. The summed E-state index contributed by atoms with van der Waals surface area (Å²) in [6, 6.07) is 0. The standard InChI is InChI=1S/C18H33N5O.HI/c1-5-18(10-6-7-11-18)13-21-17(19-4)20-12-8-9-15-22-16(14(2)3)23-24-15;/h14H,5-13H2,1-4H3,(H2,19,20,21);1H. The van der Waals surface area contributed by atoms with Gasteiger partial charge in [0.1, 0.15) is 0 Å². The van der Waals surface area contributed by atoms with E-state index in [0.717, 1.165) is 43.6 Å². The molecule has 1 fully saturated rings. The number of hydrogen-bond donors (Lipinski definition) is 2. The highest BCUT2D eigenvalue weighted by atomic mass is 127. The maximum Gasteiger partial charge on any atom is 0.226 e. The molecule has 1 aliphatic carbocycles. The minimum Gasteiger partial charge on any atom is -0.356 e. The molecule has 0 aliphatic heterocycles. The molecular weight excluding hydrogens is 429 g/mol. The van der Waals surface area contributed by atoms with Crippen molar-refractivity contribution in [1.82, 2.24) is 20.8 Å². The second-order valence-corrected chi connectivity index (χ2v) is 7.22. The Bertz CT molecular complexity index is 523. The Kier molecular flexibility index (Phi) is 9.74. The Balaban J connectivity index is 0.00000312. The molecule has 7 heteroatoms. The van der Waals surface area contributed by atoms with Gasteiger partial charge in [-0.1, -0.05) is 38.8 Å². The normalized spacial score (nSPS) is 16.8. The van der Waals surface area contributed by atoms with Crippen molar-refractivity contribution in [1.29, 1.82) is 0 Å². The van der Waals surface area contributed by atoms with E-state index < -0.39 is 0 Å². The molecular formula is C18H34IN5O. The third-order valence-electron chi connectivity index (χ3n) is 5.13. The van der Waals surface area contributed by atoms with Gasteiger partial charge in [-0.2, -0.15) is 4.98 Å². The zero-order chi connectivity index (χ0) is 17.4. The molecule has 2 rings (SSSR count). The summed E-state index contributed by atoms with van der Waals surface area (Å²) in [5, 5.41) is 10.9. The molecule has 0 bridgehead atoms. The quantitative estimate of drug-likeness (QED) is 0.265. The van der Waals surface area contributed by atoms with E-state index in [-0.39, 0.29) is 24.0 Å². The molecule has 0 atom stereocenters. The van der Waals surface area contributed by atoms with Gasteiger partial charge in [-0.05, 0) is 31.1 Å². The highest BCUT2D eigenvalue weighted by molar-refractivity contribution is 14.0. The van der Waals surface area contributed by atoms with Crippen LogP contribution in [-0.4, -0.2) is 36.2 Å². The number of rotatable bonds is 8. The molecule has 1 heterocycles. The fourth-order valence-electron chi connectivity index (χ4n) is 3.32. The van der Waals surface area contributed by atoms with Crippen molar-refractivity contribution in [3.63, 3.8) is 0 Å². The summed E-state index contributed by atoms with van der Waals surface area (Å²) in [5.41, 5.74) is 0.467. The van der Waals surface area contributed by atoms with Crippen molar-refractivity contribution in [2.75, 3.05) is 20.1 Å². The molecule has 0 radical (unpaired) electrons. The van der Waals surface area contributed by atoms with Crippen molar-refractivity contribution in [2.24, 2.45) is 10.4 Å². The van der Waals surface area contributed by atoms with Gasteiger partial charge < -0.3 is 15.2 Å². The molecule has 25 heavy (non-hydrogen) atoms. The summed E-state index contributed by atoms with van der Waals surface area (Å²) >= 11 is 0. The van der Waals surface area contributed by atoms with E-state index in [1.807, 2.05) is 7.05 Å². The summed E-state index contributed by atoms with van der Waals surface area (Å²) < 4.78 is 5.27. The lowest BCUT2D eigenvalue weighted by molar-refractivity contribution is 0.283. The van der Waals surface area contributed by atoms with Crippen LogP contribution >= 0.6 is 24.0 Å². The summed E-state index contributed by atoms with van der Waals surface area (Å²) in [4.78, 5) is 8.73. The number of nitrogens with one attached hydrogen (secondary N) is 2. The minimum absolute atomic E-state index is 0. The van der Waals surface area contributed by atoms with Crippen LogP contribution < -0.4 is 10.6 Å². The Morgan fingerprint density at radius 2 is 2.00 bits per heavy atom. The smallest absolute Gasteiger partial charge is 0.226 e. The minimum atomic E-state index is 0. The van der Waals surface area contributed by atoms with Gasteiger partial charge >= 0.3 is 0 Å². The molecule has 0 saturated heterocycles. The van der Waals surface area contributed by atoms with Crippen molar-refractivity contribution < 1.29 is 4.52 Å². The largest absolute Gasteiger partial charge is 0.356 e. The van der Waals surface area contributed by atoms with E-state index in [0.29, 0.717) is 11.3 Å². The first-order valence-electron chi connectivity index (χ1n) is 9.35. The zero-order valence-corrected chi connectivity index (χ0v) is 18.4. The summed E-state index contributed by atoms with van der Waals surface area (Å²) in [6.45, 7) is 8.31. The molecule has 2 N–H and O–H groups in total. The number of aliphatic imine (C=N–C) groups is 1. The van der Waals surface area contributed by atoms with Crippen molar-refractivity contribution in [3.8, 4) is 0 Å². The lowest BCUT2D eigenvalue weighted by Gasteiger charge is -2.28. The third kappa shape index (κ3) is 6.75. The third-order valence-corrected chi connectivity index (χ3v) is 5.13. The van der Waals surface area contributed by atoms with Crippen LogP contribution in [0.2, 0.25) is 0 Å². The molecule has 1 aromatic heterocycles. The fraction of sp³-hybridized carbons (Fsp3) is 0.833. The van der Waals surface area contributed by atoms with Gasteiger partial charge in [-0.25, -0.2) is 0 Å². The Hall–Kier alpha value is -0.860. The van der Waals surface area contributed by atoms with Gasteiger partial charge in [0, 0.05) is 32.5 Å². The Morgan fingerprint density at radius 3 is 2.56 bits per heavy atom. The van der Waals surface area contributed by atoms with Gasteiger partial charge in [0.05, 0.1) is 0 Å². The zero-order valence-electron chi connectivity index (χ0n) is 16.1.